The van der Waals surface area contributed by atoms with E-state index < -0.39 is 29.7 Å². The molecule has 15 rings (SSSR count). The molecule has 4 N–H and O–H groups in total. The first-order chi connectivity index (χ1) is 46.0. The van der Waals surface area contributed by atoms with Crippen LogP contribution in [0.25, 0.3) is 0 Å². The number of fused-ring (bicyclic) bond motifs is 5. The number of amides is 7. The van der Waals surface area contributed by atoms with Gasteiger partial charge < -0.3 is 30.5 Å². The van der Waals surface area contributed by atoms with Crippen LogP contribution in [0.4, 0.5) is 0 Å². The van der Waals surface area contributed by atoms with Gasteiger partial charge in [0.1, 0.15) is 0 Å². The Labute approximate surface area is 549 Å². The zero-order valence-corrected chi connectivity index (χ0v) is 52.5. The third-order valence-electron chi connectivity index (χ3n) is 18.4. The molecule has 3 saturated heterocycles. The molecule has 6 aromatic rings. The van der Waals surface area contributed by atoms with Gasteiger partial charge in [0.15, 0.2) is 0 Å². The summed E-state index contributed by atoms with van der Waals surface area (Å²) in [6.07, 6.45) is 14.1. The molecule has 2 unspecified atom stereocenters. The Hall–Kier alpha value is -10.2. The van der Waals surface area contributed by atoms with Crippen LogP contribution in [0.3, 0.4) is 0 Å². The largest absolute Gasteiger partial charge is 0.481 e. The minimum Gasteiger partial charge on any atom is -0.481 e. The molecule has 9 aliphatic rings. The fourth-order valence-corrected chi connectivity index (χ4v) is 13.4. The van der Waals surface area contributed by atoms with E-state index in [1.807, 2.05) is 36.4 Å². The number of carbonyl (C=O) groups excluding carboxylic acids is 11. The summed E-state index contributed by atoms with van der Waals surface area (Å²) in [6.45, 7) is 3.05. The van der Waals surface area contributed by atoms with Gasteiger partial charge in [-0.25, -0.2) is 9.59 Å². The molecule has 5 aromatic carbocycles. The van der Waals surface area contributed by atoms with Crippen LogP contribution in [0.5, 0.6) is 0 Å². The van der Waals surface area contributed by atoms with Gasteiger partial charge >= 0.3 is 29.8 Å². The monoisotopic (exact) mass is 1290 g/mol. The van der Waals surface area contributed by atoms with E-state index >= 15 is 0 Å². The zero-order chi connectivity index (χ0) is 67.1. The van der Waals surface area contributed by atoms with Crippen molar-refractivity contribution in [3.05, 3.63) is 208 Å². The molecule has 7 aliphatic heterocycles. The van der Waals surface area contributed by atoms with Gasteiger partial charge in [-0.1, -0.05) is 117 Å². The number of carboxylic acids is 1. The van der Waals surface area contributed by atoms with Crippen LogP contribution in [0.15, 0.2) is 152 Å². The van der Waals surface area contributed by atoms with Crippen molar-refractivity contribution < 1.29 is 72.1 Å². The van der Waals surface area contributed by atoms with Crippen LogP contribution in [0.1, 0.15) is 184 Å². The van der Waals surface area contributed by atoms with Crippen molar-refractivity contribution in [3.8, 4) is 0 Å². The summed E-state index contributed by atoms with van der Waals surface area (Å²) >= 11 is 0. The molecule has 0 bridgehead atoms. The van der Waals surface area contributed by atoms with Gasteiger partial charge in [-0.15, -0.1) is 0 Å². The maximum Gasteiger partial charge on any atom is 0.346 e. The summed E-state index contributed by atoms with van der Waals surface area (Å²) in [4.78, 5) is 152. The number of esters is 4. The third-order valence-corrected chi connectivity index (χ3v) is 18.4. The highest BCUT2D eigenvalue weighted by atomic mass is 16.6. The van der Waals surface area contributed by atoms with E-state index in [0.717, 1.165) is 64.3 Å². The molecule has 0 radical (unpaired) electrons. The third kappa shape index (κ3) is 15.7. The fraction of sp³-hybridized carbons (Fsp3) is 0.356. The summed E-state index contributed by atoms with van der Waals surface area (Å²) in [6, 6.07) is 42.6. The lowest BCUT2D eigenvalue weighted by Crippen LogP contribution is -2.53. The van der Waals surface area contributed by atoms with E-state index in [9.17, 15) is 62.6 Å². The van der Waals surface area contributed by atoms with E-state index in [1.165, 1.54) is 33.1 Å². The lowest BCUT2D eigenvalue weighted by Gasteiger charge is -2.41. The quantitative estimate of drug-likeness (QED) is 0.0691. The number of nitrogens with zero attached hydrogens (tertiary/aromatic N) is 5. The van der Waals surface area contributed by atoms with Crippen LogP contribution in [0, 0.1) is 23.7 Å². The van der Waals surface area contributed by atoms with Crippen LogP contribution in [-0.2, 0) is 41.7 Å². The van der Waals surface area contributed by atoms with Crippen molar-refractivity contribution in [2.24, 2.45) is 29.4 Å². The molecule has 2 aliphatic carbocycles. The second-order valence-corrected chi connectivity index (χ2v) is 24.4. The van der Waals surface area contributed by atoms with Crippen molar-refractivity contribution in [1.82, 2.24) is 29.9 Å². The number of likely N-dealkylation sites (tertiary alicyclic amines) is 1. The summed E-state index contributed by atoms with van der Waals surface area (Å²) in [5.74, 6) is -5.50. The van der Waals surface area contributed by atoms with Crippen molar-refractivity contribution in [1.29, 1.82) is 0 Å². The highest BCUT2D eigenvalue weighted by Crippen LogP contribution is 2.37. The number of pyridine rings is 1. The fourth-order valence-electron chi connectivity index (χ4n) is 13.4. The minimum absolute atomic E-state index is 0.101. The van der Waals surface area contributed by atoms with Crippen molar-refractivity contribution in [2.75, 3.05) is 26.2 Å². The molecular formula is C73H75N7O15. The lowest BCUT2D eigenvalue weighted by atomic mass is 9.78. The Bertz CT molecular complexity index is 3730. The average Bonchev–Trinajstić information content (AvgIpc) is 1.69. The molecule has 22 heteroatoms. The molecule has 22 nitrogen and oxygen atoms in total. The van der Waals surface area contributed by atoms with Gasteiger partial charge in [0.2, 0.25) is 5.91 Å². The second-order valence-electron chi connectivity index (χ2n) is 24.4. The van der Waals surface area contributed by atoms with Crippen molar-refractivity contribution >= 4 is 71.2 Å². The standard InChI is InChI=1S/C22H26N2O5.C14H16N2O2.C14H10N2O2.C8H10O3.C8H4O3.C7H9N/c25-19(17-10-3-4-11-18(17)22(28)29)23-12-6-5-7-14(23)13-24-20(26)15-8-1-2-9-16(15)21(24)27;2*17-13-11-6-1-2-7-12(11)14(18)16(13)9-10-5-3-4-8-15-10;2*9-7-5-3-1-2-4-6(5)8(10)11-7;8-6-7-4-2-1-3-5-7/h1-2,8-9,14,17-18H,3-7,10-13H2,(H,28,29);1-2,6-7,10,15H,3-5,8-9H2;1-8H,9H2;5-6H,1-4H2;1-4H;1-5H,6,8H2/t14?,17-,18+;;;5-,6+;;/m1...../s1. The molecule has 5 fully saturated rings. The first-order valence-electron chi connectivity index (χ1n) is 32.4. The Morgan fingerprint density at radius 2 is 0.895 bits per heavy atom. The molecule has 95 heavy (non-hydrogen) atoms. The number of carbonyl (C=O) groups is 12. The molecule has 492 valence electrons. The summed E-state index contributed by atoms with van der Waals surface area (Å²) in [5.41, 5.74) is 10.8. The van der Waals surface area contributed by atoms with E-state index in [4.69, 9.17) is 5.73 Å². The summed E-state index contributed by atoms with van der Waals surface area (Å²) < 4.78 is 8.88. The highest BCUT2D eigenvalue weighted by Gasteiger charge is 2.46. The molecule has 6 atom stereocenters. The number of carboxylic acid groups (broad SMARTS) is 1. The number of cyclic esters (lactones) is 4. The number of imide groups is 3. The van der Waals surface area contributed by atoms with E-state index in [2.05, 4.69) is 19.8 Å². The topological polar surface area (TPSA) is 307 Å². The molecule has 0 spiro atoms. The number of benzene rings is 5. The Balaban J connectivity index is 0.000000131. The van der Waals surface area contributed by atoms with Gasteiger partial charge in [0.25, 0.3) is 35.4 Å². The van der Waals surface area contributed by atoms with Crippen LogP contribution >= 0.6 is 0 Å². The van der Waals surface area contributed by atoms with Crippen molar-refractivity contribution in [3.63, 3.8) is 0 Å². The first-order valence-corrected chi connectivity index (χ1v) is 32.4. The van der Waals surface area contributed by atoms with Gasteiger partial charge in [0, 0.05) is 44.5 Å². The minimum atomic E-state index is -0.906. The van der Waals surface area contributed by atoms with Crippen LogP contribution < -0.4 is 11.1 Å². The number of nitrogens with one attached hydrogen (secondary N) is 1. The number of rotatable bonds is 9. The first kappa shape index (κ1) is 67.7. The highest BCUT2D eigenvalue weighted by molar-refractivity contribution is 6.23. The van der Waals surface area contributed by atoms with Crippen molar-refractivity contribution in [2.45, 2.75) is 115 Å². The molecular weight excluding hydrogens is 1210 g/mol. The maximum absolute atomic E-state index is 13.3. The van der Waals surface area contributed by atoms with Crippen LogP contribution in [0.2, 0.25) is 0 Å². The maximum atomic E-state index is 13.3. The second kappa shape index (κ2) is 31.6. The number of hydrogen-bond acceptors (Lipinski definition) is 17. The van der Waals surface area contributed by atoms with Gasteiger partial charge in [0.05, 0.1) is 80.4 Å². The number of aromatic nitrogens is 1. The SMILES string of the molecule is NCc1ccccc1.O=C(O)[C@H]1CCCC[C@H]1C(=O)N1CCCCC1CN1C(=O)c2ccccc2C1=O.O=C1OC(=O)[C@@H]2CCCC[C@H]12.O=C1OC(=O)c2ccccc21.O=C1c2ccccc2C(=O)N1CC1CCCCN1.O=C1c2ccccc2C(=O)N1Cc1ccccn1. The predicted octanol–water partition coefficient (Wildman–Crippen LogP) is 8.88. The molecule has 7 amide bonds. The molecule has 1 aromatic heterocycles. The number of ether oxygens (including phenoxy) is 2. The Morgan fingerprint density at radius 3 is 1.35 bits per heavy atom. The Kier molecular flexibility index (Phi) is 22.5. The smallest absolute Gasteiger partial charge is 0.346 e. The van der Waals surface area contributed by atoms with Gasteiger partial charge in [-0.05, 0) is 131 Å². The number of piperidine rings is 2. The summed E-state index contributed by atoms with van der Waals surface area (Å²) in [5, 5.41) is 12.9. The zero-order valence-electron chi connectivity index (χ0n) is 52.5. The Morgan fingerprint density at radius 1 is 0.463 bits per heavy atom. The number of aliphatic carboxylic acids is 1. The average molecular weight is 1290 g/mol. The predicted molar refractivity (Wildman–Crippen MR) is 344 cm³/mol. The van der Waals surface area contributed by atoms with E-state index in [1.54, 1.807) is 120 Å². The van der Waals surface area contributed by atoms with Crippen LogP contribution in [-0.4, -0.2) is 139 Å². The normalized spacial score (nSPS) is 22.0. The van der Waals surface area contributed by atoms with E-state index in [0.29, 0.717) is 89.1 Å². The number of hydrogen-bond donors (Lipinski definition) is 3. The molecule has 2 saturated carbocycles. The van der Waals surface area contributed by atoms with E-state index in [-0.39, 0.29) is 90.3 Å². The van der Waals surface area contributed by atoms with Gasteiger partial charge in [-0.2, -0.15) is 0 Å². The van der Waals surface area contributed by atoms with Gasteiger partial charge in [-0.3, -0.25) is 67.6 Å². The lowest BCUT2D eigenvalue weighted by molar-refractivity contribution is -0.154. The summed E-state index contributed by atoms with van der Waals surface area (Å²) in [7, 11) is 0. The number of nitrogens with two attached hydrogens (primary N) is 1. The molecule has 8 heterocycles.